The van der Waals surface area contributed by atoms with Gasteiger partial charge in [-0.3, -0.25) is 0 Å². The van der Waals surface area contributed by atoms with E-state index in [0.29, 0.717) is 0 Å². The first-order valence-electron chi connectivity index (χ1n) is 3.27. The molecule has 60 valence electrons. The topological polar surface area (TPSA) is 26.0 Å². The van der Waals surface area contributed by atoms with E-state index in [0.717, 1.165) is 15.9 Å². The van der Waals surface area contributed by atoms with E-state index in [1.54, 1.807) is 11.8 Å². The fraction of sp³-hybridized carbons (Fsp3) is 0.250. The predicted octanol–water partition coefficient (Wildman–Crippen LogP) is 2.89. The minimum absolute atomic E-state index is 0.877. The van der Waals surface area contributed by atoms with Gasteiger partial charge in [-0.25, -0.2) is 0 Å². The molecule has 0 spiro atoms. The van der Waals surface area contributed by atoms with E-state index >= 15 is 0 Å². The molecule has 0 aliphatic carbocycles. The fourth-order valence-corrected chi connectivity index (χ4v) is 1.82. The maximum absolute atomic E-state index is 5.74. The standard InChI is InChI=1S/C8H10BrNS/c1-11-5-6-4-7(9)2-3-8(6)10/h2-4H,5,10H2,1H3. The summed E-state index contributed by atoms with van der Waals surface area (Å²) < 4.78 is 1.09. The zero-order valence-corrected chi connectivity index (χ0v) is 8.71. The molecule has 1 nitrogen and oxygen atoms in total. The van der Waals surface area contributed by atoms with Gasteiger partial charge in [-0.15, -0.1) is 0 Å². The Balaban J connectivity index is 2.93. The second kappa shape index (κ2) is 4.02. The lowest BCUT2D eigenvalue weighted by atomic mass is 10.2. The maximum atomic E-state index is 5.74. The van der Waals surface area contributed by atoms with Gasteiger partial charge in [-0.05, 0) is 30.0 Å². The summed E-state index contributed by atoms with van der Waals surface area (Å²) in [5.74, 6) is 0.977. The lowest BCUT2D eigenvalue weighted by Crippen LogP contribution is -1.91. The number of benzene rings is 1. The van der Waals surface area contributed by atoms with Crippen LogP contribution in [0, 0.1) is 0 Å². The van der Waals surface area contributed by atoms with Crippen LogP contribution in [0.4, 0.5) is 5.69 Å². The SMILES string of the molecule is CSCc1cc(Br)ccc1N. The Hall–Kier alpha value is -0.150. The van der Waals surface area contributed by atoms with Crippen LogP contribution in [0.2, 0.25) is 0 Å². The van der Waals surface area contributed by atoms with E-state index in [1.807, 2.05) is 12.1 Å². The van der Waals surface area contributed by atoms with Crippen LogP contribution >= 0.6 is 27.7 Å². The van der Waals surface area contributed by atoms with Gasteiger partial charge < -0.3 is 5.73 Å². The summed E-state index contributed by atoms with van der Waals surface area (Å²) in [6.07, 6.45) is 2.07. The Morgan fingerprint density at radius 3 is 2.91 bits per heavy atom. The highest BCUT2D eigenvalue weighted by molar-refractivity contribution is 9.10. The van der Waals surface area contributed by atoms with E-state index in [-0.39, 0.29) is 0 Å². The minimum Gasteiger partial charge on any atom is -0.398 e. The van der Waals surface area contributed by atoms with Crippen molar-refractivity contribution in [3.63, 3.8) is 0 Å². The Morgan fingerprint density at radius 1 is 1.55 bits per heavy atom. The van der Waals surface area contributed by atoms with E-state index in [1.165, 1.54) is 5.56 Å². The van der Waals surface area contributed by atoms with Gasteiger partial charge >= 0.3 is 0 Å². The van der Waals surface area contributed by atoms with Crippen molar-refractivity contribution in [2.45, 2.75) is 5.75 Å². The van der Waals surface area contributed by atoms with Crippen LogP contribution in [0.5, 0.6) is 0 Å². The van der Waals surface area contributed by atoms with E-state index in [9.17, 15) is 0 Å². The zero-order chi connectivity index (χ0) is 8.27. The number of hydrogen-bond donors (Lipinski definition) is 1. The van der Waals surface area contributed by atoms with Crippen LogP contribution in [0.1, 0.15) is 5.56 Å². The third kappa shape index (κ3) is 2.42. The second-order valence-corrected chi connectivity index (χ2v) is 4.06. The van der Waals surface area contributed by atoms with Crippen molar-refractivity contribution in [1.29, 1.82) is 0 Å². The summed E-state index contributed by atoms with van der Waals surface area (Å²) in [4.78, 5) is 0. The van der Waals surface area contributed by atoms with Gasteiger partial charge in [0.15, 0.2) is 0 Å². The number of halogens is 1. The molecule has 1 aromatic carbocycles. The Morgan fingerprint density at radius 2 is 2.27 bits per heavy atom. The van der Waals surface area contributed by atoms with Crippen molar-refractivity contribution in [3.05, 3.63) is 28.2 Å². The van der Waals surface area contributed by atoms with Crippen LogP contribution < -0.4 is 5.73 Å². The molecular weight excluding hydrogens is 222 g/mol. The van der Waals surface area contributed by atoms with Crippen molar-refractivity contribution in [3.8, 4) is 0 Å². The van der Waals surface area contributed by atoms with Crippen molar-refractivity contribution in [2.75, 3.05) is 12.0 Å². The smallest absolute Gasteiger partial charge is 0.0355 e. The summed E-state index contributed by atoms with van der Waals surface area (Å²) in [6.45, 7) is 0. The van der Waals surface area contributed by atoms with Gasteiger partial charge in [-0.2, -0.15) is 11.8 Å². The lowest BCUT2D eigenvalue weighted by molar-refractivity contribution is 1.41. The van der Waals surface area contributed by atoms with Crippen molar-refractivity contribution < 1.29 is 0 Å². The molecule has 0 aromatic heterocycles. The monoisotopic (exact) mass is 231 g/mol. The van der Waals surface area contributed by atoms with Crippen LogP contribution in [0.25, 0.3) is 0 Å². The molecule has 0 unspecified atom stereocenters. The number of nitrogen functional groups attached to an aromatic ring is 1. The van der Waals surface area contributed by atoms with E-state index in [2.05, 4.69) is 28.3 Å². The lowest BCUT2D eigenvalue weighted by Gasteiger charge is -2.03. The zero-order valence-electron chi connectivity index (χ0n) is 6.30. The third-order valence-electron chi connectivity index (χ3n) is 1.40. The van der Waals surface area contributed by atoms with Gasteiger partial charge in [-0.1, -0.05) is 15.9 Å². The van der Waals surface area contributed by atoms with Crippen LogP contribution in [-0.4, -0.2) is 6.26 Å². The molecule has 0 aliphatic heterocycles. The first-order chi connectivity index (χ1) is 5.24. The second-order valence-electron chi connectivity index (χ2n) is 2.28. The van der Waals surface area contributed by atoms with Crippen molar-refractivity contribution in [1.82, 2.24) is 0 Å². The van der Waals surface area contributed by atoms with Crippen LogP contribution in [0.3, 0.4) is 0 Å². The highest BCUT2D eigenvalue weighted by atomic mass is 79.9. The van der Waals surface area contributed by atoms with Gasteiger partial charge in [0.2, 0.25) is 0 Å². The van der Waals surface area contributed by atoms with Crippen molar-refractivity contribution >= 4 is 33.4 Å². The summed E-state index contributed by atoms with van der Waals surface area (Å²) in [5.41, 5.74) is 7.82. The van der Waals surface area contributed by atoms with Gasteiger partial charge in [0.1, 0.15) is 0 Å². The first-order valence-corrected chi connectivity index (χ1v) is 5.45. The molecule has 0 bridgehead atoms. The Kier molecular flexibility index (Phi) is 3.27. The molecule has 0 radical (unpaired) electrons. The molecule has 3 heteroatoms. The largest absolute Gasteiger partial charge is 0.398 e. The van der Waals surface area contributed by atoms with Gasteiger partial charge in [0, 0.05) is 15.9 Å². The number of rotatable bonds is 2. The average Bonchev–Trinajstić information content (AvgIpc) is 1.98. The predicted molar refractivity (Wildman–Crippen MR) is 55.8 cm³/mol. The summed E-state index contributed by atoms with van der Waals surface area (Å²) >= 11 is 5.18. The summed E-state index contributed by atoms with van der Waals surface area (Å²) in [6, 6.07) is 5.95. The molecule has 0 amide bonds. The Labute approximate surface area is 79.5 Å². The highest BCUT2D eigenvalue weighted by Gasteiger charge is 1.97. The molecule has 1 aromatic rings. The molecule has 1 rings (SSSR count). The minimum atomic E-state index is 0.877. The maximum Gasteiger partial charge on any atom is 0.0355 e. The summed E-state index contributed by atoms with van der Waals surface area (Å²) in [5, 5.41) is 0. The number of anilines is 1. The normalized spacial score (nSPS) is 10.0. The quantitative estimate of drug-likeness (QED) is 0.793. The molecule has 0 heterocycles. The molecule has 11 heavy (non-hydrogen) atoms. The molecule has 0 atom stereocenters. The number of nitrogens with two attached hydrogens (primary N) is 1. The molecule has 0 fully saturated rings. The first kappa shape index (κ1) is 8.94. The third-order valence-corrected chi connectivity index (χ3v) is 2.50. The average molecular weight is 232 g/mol. The highest BCUT2D eigenvalue weighted by Crippen LogP contribution is 2.21. The molecule has 2 N–H and O–H groups in total. The van der Waals surface area contributed by atoms with Crippen molar-refractivity contribution in [2.24, 2.45) is 0 Å². The molecule has 0 saturated carbocycles. The molecule has 0 saturated heterocycles. The Bertz CT molecular complexity index is 250. The van der Waals surface area contributed by atoms with Gasteiger partial charge in [0.05, 0.1) is 0 Å². The fourth-order valence-electron chi connectivity index (χ4n) is 0.855. The van der Waals surface area contributed by atoms with Crippen LogP contribution in [-0.2, 0) is 5.75 Å². The van der Waals surface area contributed by atoms with Gasteiger partial charge in [0.25, 0.3) is 0 Å². The van der Waals surface area contributed by atoms with Crippen LogP contribution in [0.15, 0.2) is 22.7 Å². The number of thioether (sulfide) groups is 1. The number of hydrogen-bond acceptors (Lipinski definition) is 2. The van der Waals surface area contributed by atoms with E-state index < -0.39 is 0 Å². The summed E-state index contributed by atoms with van der Waals surface area (Å²) in [7, 11) is 0. The molecule has 0 aliphatic rings. The van der Waals surface area contributed by atoms with E-state index in [4.69, 9.17) is 5.73 Å². The molecular formula is C8H10BrNS.